The van der Waals surface area contributed by atoms with Gasteiger partial charge in [-0.2, -0.15) is 0 Å². The first-order valence-corrected chi connectivity index (χ1v) is 9.78. The van der Waals surface area contributed by atoms with Gasteiger partial charge in [0, 0.05) is 32.1 Å². The Morgan fingerprint density at radius 3 is 2.71 bits per heavy atom. The normalized spacial score (nSPS) is 32.9. The zero-order chi connectivity index (χ0) is 17.1. The monoisotopic (exact) mass is 336 g/mol. The second kappa shape index (κ2) is 7.85. The number of hydrogen-bond donors (Lipinski definition) is 0. The first-order valence-electron chi connectivity index (χ1n) is 9.78. The van der Waals surface area contributed by atoms with Gasteiger partial charge in [0.15, 0.2) is 0 Å². The Bertz CT molecular complexity index is 468. The van der Waals surface area contributed by atoms with Gasteiger partial charge in [-0.25, -0.2) is 0 Å². The van der Waals surface area contributed by atoms with Crippen LogP contribution in [0.5, 0.6) is 0 Å². The summed E-state index contributed by atoms with van der Waals surface area (Å²) in [5, 5.41) is 0. The summed E-state index contributed by atoms with van der Waals surface area (Å²) in [6, 6.07) is 0.208. The number of hydrogen-bond acceptors (Lipinski definition) is 3. The third-order valence-corrected chi connectivity index (χ3v) is 5.89. The van der Waals surface area contributed by atoms with Crippen molar-refractivity contribution in [2.75, 3.05) is 19.6 Å². The van der Waals surface area contributed by atoms with E-state index in [0.717, 1.165) is 45.2 Å². The average Bonchev–Trinajstić information content (AvgIpc) is 3.00. The van der Waals surface area contributed by atoms with Crippen molar-refractivity contribution in [2.45, 2.75) is 83.5 Å². The Morgan fingerprint density at radius 1 is 1.17 bits per heavy atom. The fourth-order valence-electron chi connectivity index (χ4n) is 4.57. The van der Waals surface area contributed by atoms with Crippen molar-refractivity contribution in [3.63, 3.8) is 0 Å². The number of amides is 2. The molecule has 0 aromatic carbocycles. The highest BCUT2D eigenvalue weighted by atomic mass is 16.5. The predicted octanol–water partition coefficient (Wildman–Crippen LogP) is 2.58. The quantitative estimate of drug-likeness (QED) is 0.793. The second-order valence-electron chi connectivity index (χ2n) is 7.94. The van der Waals surface area contributed by atoms with Crippen LogP contribution >= 0.6 is 0 Å². The molecule has 5 heteroatoms. The van der Waals surface area contributed by atoms with Gasteiger partial charge in [-0.1, -0.05) is 19.8 Å². The van der Waals surface area contributed by atoms with Crippen molar-refractivity contribution in [1.29, 1.82) is 0 Å². The number of rotatable bonds is 4. The van der Waals surface area contributed by atoms with Crippen LogP contribution in [0.4, 0.5) is 0 Å². The molecule has 1 aliphatic carbocycles. The first-order chi connectivity index (χ1) is 11.5. The second-order valence-corrected chi connectivity index (χ2v) is 7.94. The molecule has 1 saturated carbocycles. The molecule has 0 aromatic heterocycles. The summed E-state index contributed by atoms with van der Waals surface area (Å²) in [6.45, 7) is 6.50. The van der Waals surface area contributed by atoms with Crippen LogP contribution in [0.2, 0.25) is 0 Å². The lowest BCUT2D eigenvalue weighted by molar-refractivity contribution is -0.151. The number of likely N-dealkylation sites (tertiary alicyclic amines) is 2. The number of ether oxygens (including phenoxy) is 1. The third kappa shape index (κ3) is 4.11. The lowest BCUT2D eigenvalue weighted by Crippen LogP contribution is -2.52. The van der Waals surface area contributed by atoms with Crippen LogP contribution in [0, 0.1) is 5.92 Å². The molecule has 24 heavy (non-hydrogen) atoms. The lowest BCUT2D eigenvalue weighted by Gasteiger charge is -2.39. The summed E-state index contributed by atoms with van der Waals surface area (Å²) >= 11 is 0. The zero-order valence-corrected chi connectivity index (χ0v) is 15.2. The molecule has 136 valence electrons. The third-order valence-electron chi connectivity index (χ3n) is 5.89. The highest BCUT2D eigenvalue weighted by Gasteiger charge is 2.34. The van der Waals surface area contributed by atoms with Crippen molar-refractivity contribution in [1.82, 2.24) is 9.80 Å². The molecule has 3 rings (SSSR count). The van der Waals surface area contributed by atoms with E-state index in [1.165, 1.54) is 12.8 Å². The molecule has 0 aromatic rings. The van der Waals surface area contributed by atoms with Crippen LogP contribution in [0.1, 0.15) is 65.2 Å². The number of carbonyl (C=O) groups is 2. The van der Waals surface area contributed by atoms with Gasteiger partial charge in [0.1, 0.15) is 6.10 Å². The lowest BCUT2D eigenvalue weighted by atomic mass is 9.88. The van der Waals surface area contributed by atoms with Crippen LogP contribution in [0.3, 0.4) is 0 Å². The van der Waals surface area contributed by atoms with Crippen LogP contribution in [-0.2, 0) is 14.3 Å². The maximum atomic E-state index is 12.8. The van der Waals surface area contributed by atoms with Crippen LogP contribution in [0.25, 0.3) is 0 Å². The molecule has 3 aliphatic rings. The molecule has 0 N–H and O–H groups in total. The average molecular weight is 336 g/mol. The molecule has 2 saturated heterocycles. The van der Waals surface area contributed by atoms with Gasteiger partial charge < -0.3 is 14.5 Å². The van der Waals surface area contributed by atoms with Gasteiger partial charge in [0.25, 0.3) is 5.91 Å². The van der Waals surface area contributed by atoms with E-state index in [1.807, 2.05) is 16.7 Å². The van der Waals surface area contributed by atoms with Crippen LogP contribution < -0.4 is 0 Å². The minimum absolute atomic E-state index is 0.101. The van der Waals surface area contributed by atoms with E-state index in [9.17, 15) is 9.59 Å². The van der Waals surface area contributed by atoms with E-state index in [2.05, 4.69) is 6.92 Å². The molecule has 0 radical (unpaired) electrons. The molecular weight excluding hydrogens is 304 g/mol. The summed E-state index contributed by atoms with van der Waals surface area (Å²) in [6.07, 6.45) is 8.12. The molecule has 2 aliphatic heterocycles. The fourth-order valence-corrected chi connectivity index (χ4v) is 4.57. The maximum absolute atomic E-state index is 12.8. The Morgan fingerprint density at radius 2 is 2.00 bits per heavy atom. The fraction of sp³-hybridized carbons (Fsp3) is 0.895. The molecule has 2 amide bonds. The van der Waals surface area contributed by atoms with Crippen molar-refractivity contribution in [3.05, 3.63) is 0 Å². The van der Waals surface area contributed by atoms with Crippen LogP contribution in [0.15, 0.2) is 0 Å². The molecule has 5 nitrogen and oxygen atoms in total. The molecule has 2 heterocycles. The summed E-state index contributed by atoms with van der Waals surface area (Å²) in [7, 11) is 0. The summed E-state index contributed by atoms with van der Waals surface area (Å²) in [5.41, 5.74) is 0. The van der Waals surface area contributed by atoms with Gasteiger partial charge in [-0.3, -0.25) is 9.59 Å². The van der Waals surface area contributed by atoms with E-state index in [-0.39, 0.29) is 30.1 Å². The van der Waals surface area contributed by atoms with E-state index in [4.69, 9.17) is 4.74 Å². The maximum Gasteiger partial charge on any atom is 0.251 e. The molecule has 0 bridgehead atoms. The van der Waals surface area contributed by atoms with Gasteiger partial charge in [-0.15, -0.1) is 0 Å². The number of carbonyl (C=O) groups excluding carboxylic acids is 2. The van der Waals surface area contributed by atoms with E-state index in [0.29, 0.717) is 18.9 Å². The van der Waals surface area contributed by atoms with Crippen molar-refractivity contribution < 1.29 is 14.3 Å². The standard InChI is InChI=1S/C19H32N2O3/c1-14-6-3-8-17(12-14)24-15(2)19(23)20-10-4-7-16(13-20)21-11-5-9-18(21)22/h14-17H,3-13H2,1-2H3/t14-,15-,16-,17+/m1/s1. The van der Waals surface area contributed by atoms with Gasteiger partial charge in [0.05, 0.1) is 6.10 Å². The molecular formula is C19H32N2O3. The minimum atomic E-state index is -0.367. The molecule has 3 fully saturated rings. The Balaban J connectivity index is 1.52. The highest BCUT2D eigenvalue weighted by Crippen LogP contribution is 2.27. The minimum Gasteiger partial charge on any atom is -0.365 e. The molecule has 0 unspecified atom stereocenters. The predicted molar refractivity (Wildman–Crippen MR) is 92.5 cm³/mol. The molecule has 0 spiro atoms. The van der Waals surface area contributed by atoms with Gasteiger partial charge in [0.2, 0.25) is 5.91 Å². The van der Waals surface area contributed by atoms with Gasteiger partial charge in [-0.05, 0) is 44.9 Å². The highest BCUT2D eigenvalue weighted by molar-refractivity contribution is 5.81. The number of piperidine rings is 1. The van der Waals surface area contributed by atoms with E-state index < -0.39 is 0 Å². The smallest absolute Gasteiger partial charge is 0.251 e. The molecule has 4 atom stereocenters. The Kier molecular flexibility index (Phi) is 5.80. The summed E-state index contributed by atoms with van der Waals surface area (Å²) < 4.78 is 6.09. The van der Waals surface area contributed by atoms with Crippen LogP contribution in [-0.4, -0.2) is 59.5 Å². The van der Waals surface area contributed by atoms with E-state index in [1.54, 1.807) is 0 Å². The zero-order valence-electron chi connectivity index (χ0n) is 15.2. The summed E-state index contributed by atoms with van der Waals surface area (Å²) in [5.74, 6) is 1.06. The SMILES string of the molecule is C[C@@H]1CCC[C@H](O[C@H](C)C(=O)N2CCC[C@@H](N3CCCC3=O)C2)C1. The van der Waals surface area contributed by atoms with Crippen molar-refractivity contribution >= 4 is 11.8 Å². The largest absolute Gasteiger partial charge is 0.365 e. The number of nitrogens with zero attached hydrogens (tertiary/aromatic N) is 2. The Hall–Kier alpha value is -1.10. The van der Waals surface area contributed by atoms with Crippen molar-refractivity contribution in [3.8, 4) is 0 Å². The summed E-state index contributed by atoms with van der Waals surface area (Å²) in [4.78, 5) is 28.7. The Labute approximate surface area is 145 Å². The topological polar surface area (TPSA) is 49.9 Å². The van der Waals surface area contributed by atoms with Crippen molar-refractivity contribution in [2.24, 2.45) is 5.92 Å². The van der Waals surface area contributed by atoms with E-state index >= 15 is 0 Å². The first kappa shape index (κ1) is 17.7. The van der Waals surface area contributed by atoms with Gasteiger partial charge >= 0.3 is 0 Å².